The normalized spacial score (nSPS) is 23.1. The van der Waals surface area contributed by atoms with Crippen molar-refractivity contribution in [3.8, 4) is 0 Å². The van der Waals surface area contributed by atoms with Crippen LogP contribution in [0.4, 0.5) is 5.69 Å². The van der Waals surface area contributed by atoms with Gasteiger partial charge in [0.25, 0.3) is 0 Å². The van der Waals surface area contributed by atoms with Crippen molar-refractivity contribution in [3.63, 3.8) is 0 Å². The van der Waals surface area contributed by atoms with Crippen LogP contribution in [0.3, 0.4) is 0 Å². The van der Waals surface area contributed by atoms with Crippen molar-refractivity contribution in [2.45, 2.75) is 44.2 Å². The molecule has 0 saturated heterocycles. The maximum absolute atomic E-state index is 11.8. The quantitative estimate of drug-likeness (QED) is 0.840. The van der Waals surface area contributed by atoms with Crippen LogP contribution in [0.15, 0.2) is 24.3 Å². The Hall–Kier alpha value is -1.10. The third kappa shape index (κ3) is 4.78. The Balaban J connectivity index is 1.79. The molecule has 0 heterocycles. The number of amides is 1. The van der Waals surface area contributed by atoms with E-state index in [0.29, 0.717) is 10.7 Å². The number of nitrogens with one attached hydrogen (secondary N) is 1. The lowest BCUT2D eigenvalue weighted by atomic mass is 10.1. The van der Waals surface area contributed by atoms with Crippen LogP contribution < -0.4 is 11.1 Å². The van der Waals surface area contributed by atoms with Gasteiger partial charge in [-0.1, -0.05) is 36.9 Å². The van der Waals surface area contributed by atoms with E-state index in [-0.39, 0.29) is 24.7 Å². The Labute approximate surface area is 124 Å². The Morgan fingerprint density at radius 1 is 1.35 bits per heavy atom. The van der Waals surface area contributed by atoms with Crippen LogP contribution in [0, 0.1) is 0 Å². The lowest BCUT2D eigenvalue weighted by molar-refractivity contribution is -0.123. The average molecular weight is 297 g/mol. The minimum absolute atomic E-state index is 0.0115. The topological polar surface area (TPSA) is 64.3 Å². The van der Waals surface area contributed by atoms with Gasteiger partial charge in [-0.3, -0.25) is 4.79 Å². The van der Waals surface area contributed by atoms with Gasteiger partial charge in [0.15, 0.2) is 0 Å². The van der Waals surface area contributed by atoms with Crippen LogP contribution in [0.2, 0.25) is 5.02 Å². The molecule has 0 bridgehead atoms. The Bertz CT molecular complexity index is 453. The monoisotopic (exact) mass is 296 g/mol. The summed E-state index contributed by atoms with van der Waals surface area (Å²) in [6.45, 7) is 0.0326. The molecule has 1 fully saturated rings. The zero-order valence-electron chi connectivity index (χ0n) is 11.5. The Morgan fingerprint density at radius 2 is 2.15 bits per heavy atom. The summed E-state index contributed by atoms with van der Waals surface area (Å²) in [5, 5.41) is 3.36. The maximum atomic E-state index is 11.8. The lowest BCUT2D eigenvalue weighted by Crippen LogP contribution is -2.37. The second-order valence-corrected chi connectivity index (χ2v) is 5.65. The van der Waals surface area contributed by atoms with E-state index in [9.17, 15) is 4.79 Å². The van der Waals surface area contributed by atoms with Gasteiger partial charge in [-0.05, 0) is 31.0 Å². The highest BCUT2D eigenvalue weighted by Crippen LogP contribution is 2.19. The number of halogens is 1. The van der Waals surface area contributed by atoms with Gasteiger partial charge in [-0.15, -0.1) is 0 Å². The van der Waals surface area contributed by atoms with Crippen molar-refractivity contribution in [1.29, 1.82) is 0 Å². The van der Waals surface area contributed by atoms with E-state index in [0.717, 1.165) is 25.7 Å². The van der Waals surface area contributed by atoms with E-state index in [2.05, 4.69) is 5.32 Å². The van der Waals surface area contributed by atoms with E-state index in [4.69, 9.17) is 22.1 Å². The van der Waals surface area contributed by atoms with Crippen LogP contribution in [-0.4, -0.2) is 24.7 Å². The van der Waals surface area contributed by atoms with Crippen LogP contribution in [-0.2, 0) is 9.53 Å². The van der Waals surface area contributed by atoms with E-state index < -0.39 is 0 Å². The van der Waals surface area contributed by atoms with Gasteiger partial charge in [0, 0.05) is 16.8 Å². The van der Waals surface area contributed by atoms with Gasteiger partial charge in [0.1, 0.15) is 6.61 Å². The number of benzene rings is 1. The fraction of sp³-hybridized carbons (Fsp3) is 0.533. The molecule has 4 nitrogen and oxygen atoms in total. The summed E-state index contributed by atoms with van der Waals surface area (Å²) >= 11 is 5.87. The predicted molar refractivity (Wildman–Crippen MR) is 80.9 cm³/mol. The van der Waals surface area contributed by atoms with Crippen molar-refractivity contribution in [2.24, 2.45) is 5.73 Å². The van der Waals surface area contributed by atoms with E-state index in [1.807, 2.05) is 0 Å². The fourth-order valence-electron chi connectivity index (χ4n) is 2.46. The molecule has 5 heteroatoms. The summed E-state index contributed by atoms with van der Waals surface area (Å²) in [4.78, 5) is 11.8. The first-order valence-electron chi connectivity index (χ1n) is 7.08. The van der Waals surface area contributed by atoms with Crippen molar-refractivity contribution < 1.29 is 9.53 Å². The molecule has 20 heavy (non-hydrogen) atoms. The van der Waals surface area contributed by atoms with Gasteiger partial charge in [-0.25, -0.2) is 0 Å². The lowest BCUT2D eigenvalue weighted by Gasteiger charge is -2.21. The number of hydrogen-bond acceptors (Lipinski definition) is 3. The fourth-order valence-corrected chi connectivity index (χ4v) is 2.65. The summed E-state index contributed by atoms with van der Waals surface area (Å²) in [6.07, 6.45) is 5.36. The number of nitrogens with two attached hydrogens (primary N) is 1. The summed E-state index contributed by atoms with van der Waals surface area (Å²) in [6, 6.07) is 7.09. The minimum atomic E-state index is -0.177. The average Bonchev–Trinajstić information content (AvgIpc) is 2.61. The molecule has 0 aliphatic heterocycles. The molecule has 1 aliphatic rings. The van der Waals surface area contributed by atoms with Crippen LogP contribution in [0.5, 0.6) is 0 Å². The van der Waals surface area contributed by atoms with E-state index in [1.54, 1.807) is 24.3 Å². The molecule has 0 radical (unpaired) electrons. The number of carbonyl (C=O) groups excluding carboxylic acids is 1. The van der Waals surface area contributed by atoms with Gasteiger partial charge in [0.05, 0.1) is 6.10 Å². The molecule has 110 valence electrons. The third-order valence-corrected chi connectivity index (χ3v) is 3.78. The molecule has 2 unspecified atom stereocenters. The van der Waals surface area contributed by atoms with Gasteiger partial charge in [-0.2, -0.15) is 0 Å². The molecule has 0 spiro atoms. The molecular weight excluding hydrogens is 276 g/mol. The Morgan fingerprint density at radius 3 is 2.95 bits per heavy atom. The van der Waals surface area contributed by atoms with Crippen molar-refractivity contribution in [3.05, 3.63) is 29.3 Å². The molecule has 1 amide bonds. The number of rotatable bonds is 4. The minimum Gasteiger partial charge on any atom is -0.367 e. The molecule has 1 aromatic carbocycles. The number of hydrogen-bond donors (Lipinski definition) is 2. The van der Waals surface area contributed by atoms with E-state index in [1.165, 1.54) is 6.42 Å². The van der Waals surface area contributed by atoms with E-state index >= 15 is 0 Å². The van der Waals surface area contributed by atoms with Crippen molar-refractivity contribution in [1.82, 2.24) is 0 Å². The highest BCUT2D eigenvalue weighted by atomic mass is 35.5. The first-order valence-corrected chi connectivity index (χ1v) is 7.45. The van der Waals surface area contributed by atoms with Crippen LogP contribution in [0.1, 0.15) is 32.1 Å². The second-order valence-electron chi connectivity index (χ2n) is 5.21. The summed E-state index contributed by atoms with van der Waals surface area (Å²) in [7, 11) is 0. The molecular formula is C15H21ClN2O2. The smallest absolute Gasteiger partial charge is 0.250 e. The number of ether oxygens (including phenoxy) is 1. The molecule has 3 N–H and O–H groups in total. The second kappa shape index (κ2) is 7.62. The SMILES string of the molecule is NC1CCCCCC1OCC(=O)Nc1cccc(Cl)c1. The molecule has 1 aromatic rings. The summed E-state index contributed by atoms with van der Waals surface area (Å²) < 4.78 is 5.67. The predicted octanol–water partition coefficient (Wildman–Crippen LogP) is 2.96. The summed E-state index contributed by atoms with van der Waals surface area (Å²) in [5.74, 6) is -0.177. The molecule has 1 aliphatic carbocycles. The first-order chi connectivity index (χ1) is 9.65. The number of anilines is 1. The van der Waals surface area contributed by atoms with Gasteiger partial charge >= 0.3 is 0 Å². The molecule has 2 atom stereocenters. The zero-order chi connectivity index (χ0) is 14.4. The third-order valence-electron chi connectivity index (χ3n) is 3.54. The maximum Gasteiger partial charge on any atom is 0.250 e. The molecule has 0 aromatic heterocycles. The van der Waals surface area contributed by atoms with Crippen molar-refractivity contribution in [2.75, 3.05) is 11.9 Å². The first kappa shape index (κ1) is 15.3. The highest BCUT2D eigenvalue weighted by Gasteiger charge is 2.21. The zero-order valence-corrected chi connectivity index (χ0v) is 12.2. The van der Waals surface area contributed by atoms with Crippen LogP contribution >= 0.6 is 11.6 Å². The van der Waals surface area contributed by atoms with Gasteiger partial charge in [0.2, 0.25) is 5.91 Å². The Kier molecular flexibility index (Phi) is 5.83. The highest BCUT2D eigenvalue weighted by molar-refractivity contribution is 6.30. The number of carbonyl (C=O) groups is 1. The molecule has 2 rings (SSSR count). The van der Waals surface area contributed by atoms with Gasteiger partial charge < -0.3 is 15.8 Å². The standard InChI is InChI=1S/C15H21ClN2O2/c16-11-5-4-6-12(9-11)18-15(19)10-20-14-8-3-1-2-7-13(14)17/h4-6,9,13-14H,1-3,7-8,10,17H2,(H,18,19). The summed E-state index contributed by atoms with van der Waals surface area (Å²) in [5.41, 5.74) is 6.74. The van der Waals surface area contributed by atoms with Crippen LogP contribution in [0.25, 0.3) is 0 Å². The van der Waals surface area contributed by atoms with Crippen molar-refractivity contribution >= 4 is 23.2 Å². The largest absolute Gasteiger partial charge is 0.367 e. The molecule has 1 saturated carbocycles.